The fourth-order valence-corrected chi connectivity index (χ4v) is 1.53. The molecule has 0 spiro atoms. The Kier molecular flexibility index (Phi) is 1.97. The molecule has 0 amide bonds. The number of ether oxygens (including phenoxy) is 2. The summed E-state index contributed by atoms with van der Waals surface area (Å²) in [4.78, 5) is 0. The lowest BCUT2D eigenvalue weighted by Crippen LogP contribution is -1.95. The topological polar surface area (TPSA) is 18.5 Å². The van der Waals surface area contributed by atoms with Gasteiger partial charge in [0.2, 0.25) is 6.79 Å². The molecule has 2 rings (SSSR count). The first-order valence-corrected chi connectivity index (χ1v) is 4.32. The largest absolute Gasteiger partial charge is 0.454 e. The Morgan fingerprint density at radius 2 is 2.31 bits per heavy atom. The minimum absolute atomic E-state index is 0.336. The van der Waals surface area contributed by atoms with Crippen LogP contribution < -0.4 is 9.47 Å². The predicted octanol–water partition coefficient (Wildman–Crippen LogP) is 2.45. The van der Waals surface area contributed by atoms with Crippen molar-refractivity contribution in [2.45, 2.75) is 13.3 Å². The molecule has 0 N–H and O–H groups in total. The summed E-state index contributed by atoms with van der Waals surface area (Å²) in [5.41, 5.74) is 2.41. The van der Waals surface area contributed by atoms with Gasteiger partial charge in [-0.05, 0) is 25.0 Å². The van der Waals surface area contributed by atoms with Crippen molar-refractivity contribution < 1.29 is 9.47 Å². The maximum atomic E-state index is 5.39. The van der Waals surface area contributed by atoms with Gasteiger partial charge in [0, 0.05) is 5.56 Å². The summed E-state index contributed by atoms with van der Waals surface area (Å²) in [7, 11) is 0. The number of hydrogen-bond donors (Lipinski definition) is 0. The van der Waals surface area contributed by atoms with Gasteiger partial charge in [0.25, 0.3) is 0 Å². The van der Waals surface area contributed by atoms with Crippen molar-refractivity contribution >= 4 is 0 Å². The summed E-state index contributed by atoms with van der Waals surface area (Å²) in [6, 6.07) is 4.00. The molecule has 0 saturated heterocycles. The fraction of sp³-hybridized carbons (Fsp3) is 0.273. The lowest BCUT2D eigenvalue weighted by Gasteiger charge is -2.06. The predicted molar refractivity (Wildman–Crippen MR) is 51.2 cm³/mol. The van der Waals surface area contributed by atoms with Gasteiger partial charge >= 0.3 is 0 Å². The van der Waals surface area contributed by atoms with Gasteiger partial charge in [0.15, 0.2) is 11.5 Å². The van der Waals surface area contributed by atoms with Gasteiger partial charge in [0.1, 0.15) is 0 Å². The Balaban J connectivity index is 2.51. The highest BCUT2D eigenvalue weighted by molar-refractivity contribution is 5.52. The molecule has 2 heteroatoms. The Morgan fingerprint density at radius 1 is 1.46 bits per heavy atom. The second-order valence-corrected chi connectivity index (χ2v) is 3.09. The second-order valence-electron chi connectivity index (χ2n) is 3.09. The molecule has 0 aromatic heterocycles. The van der Waals surface area contributed by atoms with Crippen LogP contribution in [-0.2, 0) is 6.42 Å². The van der Waals surface area contributed by atoms with Crippen molar-refractivity contribution in [2.24, 2.45) is 0 Å². The van der Waals surface area contributed by atoms with Crippen LogP contribution >= 0.6 is 0 Å². The molecule has 0 bridgehead atoms. The van der Waals surface area contributed by atoms with Crippen LogP contribution in [0.1, 0.15) is 11.1 Å². The zero-order valence-electron chi connectivity index (χ0n) is 7.67. The minimum atomic E-state index is 0.336. The summed E-state index contributed by atoms with van der Waals surface area (Å²) in [5.74, 6) is 1.74. The monoisotopic (exact) mass is 176 g/mol. The molecule has 0 aliphatic carbocycles. The molecule has 0 atom stereocenters. The van der Waals surface area contributed by atoms with Crippen molar-refractivity contribution in [3.05, 3.63) is 35.9 Å². The molecule has 0 unspecified atom stereocenters. The normalized spacial score (nSPS) is 13.0. The van der Waals surface area contributed by atoms with Crippen molar-refractivity contribution in [1.29, 1.82) is 0 Å². The minimum Gasteiger partial charge on any atom is -0.454 e. The first kappa shape index (κ1) is 8.17. The number of aryl methyl sites for hydroxylation is 1. The highest BCUT2D eigenvalue weighted by Crippen LogP contribution is 2.37. The van der Waals surface area contributed by atoms with Crippen LogP contribution in [0, 0.1) is 6.92 Å². The molecule has 13 heavy (non-hydrogen) atoms. The molecular formula is C11H12O2. The van der Waals surface area contributed by atoms with Gasteiger partial charge in [-0.25, -0.2) is 0 Å². The molecule has 68 valence electrons. The van der Waals surface area contributed by atoms with E-state index in [1.165, 1.54) is 11.1 Å². The van der Waals surface area contributed by atoms with Crippen LogP contribution in [0.2, 0.25) is 0 Å². The van der Waals surface area contributed by atoms with Crippen molar-refractivity contribution in [3.8, 4) is 11.5 Å². The van der Waals surface area contributed by atoms with E-state index in [-0.39, 0.29) is 0 Å². The highest BCUT2D eigenvalue weighted by atomic mass is 16.7. The third-order valence-electron chi connectivity index (χ3n) is 2.22. The molecule has 0 saturated carbocycles. The van der Waals surface area contributed by atoms with E-state index in [1.54, 1.807) is 0 Å². The molecule has 1 aromatic carbocycles. The highest BCUT2D eigenvalue weighted by Gasteiger charge is 2.17. The SMILES string of the molecule is C=CCc1c(C)ccc2c1OCO2. The molecule has 2 nitrogen and oxygen atoms in total. The van der Waals surface area contributed by atoms with Crippen LogP contribution in [0.15, 0.2) is 24.8 Å². The van der Waals surface area contributed by atoms with Crippen LogP contribution in [-0.4, -0.2) is 6.79 Å². The Hall–Kier alpha value is -1.44. The zero-order chi connectivity index (χ0) is 9.26. The van der Waals surface area contributed by atoms with Crippen molar-refractivity contribution in [1.82, 2.24) is 0 Å². The lowest BCUT2D eigenvalue weighted by atomic mass is 10.0. The number of benzene rings is 1. The molecule has 1 aromatic rings. The number of rotatable bonds is 2. The lowest BCUT2D eigenvalue weighted by molar-refractivity contribution is 0.173. The maximum Gasteiger partial charge on any atom is 0.231 e. The first-order chi connectivity index (χ1) is 6.33. The van der Waals surface area contributed by atoms with E-state index in [0.29, 0.717) is 6.79 Å². The van der Waals surface area contributed by atoms with E-state index in [4.69, 9.17) is 9.47 Å². The summed E-state index contributed by atoms with van der Waals surface area (Å²) in [5, 5.41) is 0. The van der Waals surface area contributed by atoms with Crippen LogP contribution in [0.5, 0.6) is 11.5 Å². The summed E-state index contributed by atoms with van der Waals surface area (Å²) in [6.07, 6.45) is 2.71. The zero-order valence-corrected chi connectivity index (χ0v) is 7.67. The van der Waals surface area contributed by atoms with Crippen LogP contribution in [0.3, 0.4) is 0 Å². The smallest absolute Gasteiger partial charge is 0.231 e. The molecule has 0 fully saturated rings. The van der Waals surface area contributed by atoms with Crippen molar-refractivity contribution in [2.75, 3.05) is 6.79 Å². The van der Waals surface area contributed by atoms with E-state index >= 15 is 0 Å². The van der Waals surface area contributed by atoms with Gasteiger partial charge in [-0.3, -0.25) is 0 Å². The van der Waals surface area contributed by atoms with E-state index in [1.807, 2.05) is 18.2 Å². The van der Waals surface area contributed by atoms with E-state index < -0.39 is 0 Å². The summed E-state index contributed by atoms with van der Waals surface area (Å²) in [6.45, 7) is 6.13. The number of fused-ring (bicyclic) bond motifs is 1. The average Bonchev–Trinajstić information content (AvgIpc) is 2.58. The number of hydrogen-bond acceptors (Lipinski definition) is 2. The Labute approximate surface area is 77.8 Å². The average molecular weight is 176 g/mol. The van der Waals surface area contributed by atoms with Crippen LogP contribution in [0.4, 0.5) is 0 Å². The van der Waals surface area contributed by atoms with E-state index in [2.05, 4.69) is 13.5 Å². The van der Waals surface area contributed by atoms with Crippen molar-refractivity contribution in [3.63, 3.8) is 0 Å². The van der Waals surface area contributed by atoms with Crippen LogP contribution in [0.25, 0.3) is 0 Å². The van der Waals surface area contributed by atoms with Gasteiger partial charge in [-0.1, -0.05) is 12.1 Å². The van der Waals surface area contributed by atoms with E-state index in [0.717, 1.165) is 17.9 Å². The quantitative estimate of drug-likeness (QED) is 0.644. The summed E-state index contributed by atoms with van der Waals surface area (Å²) >= 11 is 0. The van der Waals surface area contributed by atoms with Gasteiger partial charge in [0.05, 0.1) is 0 Å². The fourth-order valence-electron chi connectivity index (χ4n) is 1.53. The van der Waals surface area contributed by atoms with E-state index in [9.17, 15) is 0 Å². The molecule has 0 radical (unpaired) electrons. The Morgan fingerprint density at radius 3 is 3.08 bits per heavy atom. The first-order valence-electron chi connectivity index (χ1n) is 4.32. The van der Waals surface area contributed by atoms with Gasteiger partial charge in [-0.15, -0.1) is 6.58 Å². The summed E-state index contributed by atoms with van der Waals surface area (Å²) < 4.78 is 10.7. The third kappa shape index (κ3) is 1.28. The molecule has 1 aliphatic rings. The second kappa shape index (κ2) is 3.13. The van der Waals surface area contributed by atoms with Gasteiger partial charge < -0.3 is 9.47 Å². The molecular weight excluding hydrogens is 164 g/mol. The maximum absolute atomic E-state index is 5.39. The standard InChI is InChI=1S/C11H12O2/c1-3-4-9-8(2)5-6-10-11(9)13-7-12-10/h3,5-6H,1,4,7H2,2H3. The van der Waals surface area contributed by atoms with Gasteiger partial charge in [-0.2, -0.15) is 0 Å². The third-order valence-corrected chi connectivity index (χ3v) is 2.22. The Bertz CT molecular complexity index is 342. The molecule has 1 aliphatic heterocycles. The number of allylic oxidation sites excluding steroid dienone is 1. The molecule has 1 heterocycles.